The molecule has 0 unspecified atom stereocenters. The van der Waals surface area contributed by atoms with Gasteiger partial charge in [0.15, 0.2) is 5.78 Å². The van der Waals surface area contributed by atoms with Crippen LogP contribution in [-0.2, 0) is 19.0 Å². The van der Waals surface area contributed by atoms with Gasteiger partial charge in [0.2, 0.25) is 0 Å². The number of aryl methyl sites for hydroxylation is 1. The van der Waals surface area contributed by atoms with Crippen molar-refractivity contribution in [3.05, 3.63) is 57.9 Å². The van der Waals surface area contributed by atoms with Crippen LogP contribution in [0.25, 0.3) is 0 Å². The van der Waals surface area contributed by atoms with Gasteiger partial charge in [-0.05, 0) is 68.5 Å². The van der Waals surface area contributed by atoms with E-state index in [2.05, 4.69) is 0 Å². The molecule has 0 saturated heterocycles. The van der Waals surface area contributed by atoms with Crippen molar-refractivity contribution in [3.8, 4) is 11.5 Å². The highest BCUT2D eigenvalue weighted by Crippen LogP contribution is 2.40. The molecule has 0 atom stereocenters. The van der Waals surface area contributed by atoms with Gasteiger partial charge < -0.3 is 4.74 Å². The van der Waals surface area contributed by atoms with Crippen molar-refractivity contribution in [1.29, 1.82) is 0 Å². The lowest BCUT2D eigenvalue weighted by atomic mass is 10.0. The summed E-state index contributed by atoms with van der Waals surface area (Å²) in [4.78, 5) is 11.8. The van der Waals surface area contributed by atoms with Crippen LogP contribution < -0.4 is 4.74 Å². The fourth-order valence-corrected chi connectivity index (χ4v) is 3.20. The first-order chi connectivity index (χ1) is 11.7. The Morgan fingerprint density at radius 2 is 1.76 bits per heavy atom. The molecule has 25 heavy (non-hydrogen) atoms. The largest absolute Gasteiger partial charge is 0.456 e. The minimum absolute atomic E-state index is 0.0469. The average molecular weight is 352 g/mol. The molecule has 1 aliphatic carbocycles. The van der Waals surface area contributed by atoms with E-state index in [1.165, 1.54) is 32.0 Å². The Kier molecular flexibility index (Phi) is 4.31. The molecule has 2 nitrogen and oxygen atoms in total. The van der Waals surface area contributed by atoms with Crippen LogP contribution in [0.15, 0.2) is 24.3 Å². The monoisotopic (exact) mass is 352 g/mol. The molecule has 0 aromatic heterocycles. The van der Waals surface area contributed by atoms with E-state index in [4.69, 9.17) is 4.74 Å². The number of fused-ring (bicyclic) bond motifs is 1. The number of ether oxygens (including phenoxy) is 1. The molecule has 0 aliphatic heterocycles. The number of halogens is 4. The standard InChI is InChI=1S/C19H16F4O2/c1-10-8-14(11(2)24)18(9-15(10)19(21,22)23)25-17-7-6-16(20)12-4-3-5-13(12)17/h6-9H,3-5H2,1-2H3. The molecule has 1 aliphatic rings. The van der Waals surface area contributed by atoms with Gasteiger partial charge in [-0.1, -0.05) is 0 Å². The predicted molar refractivity (Wildman–Crippen MR) is 84.7 cm³/mol. The number of hydrogen-bond acceptors (Lipinski definition) is 2. The van der Waals surface area contributed by atoms with Gasteiger partial charge in [-0.3, -0.25) is 4.79 Å². The maximum atomic E-state index is 13.8. The molecular formula is C19H16F4O2. The Morgan fingerprint density at radius 1 is 1.08 bits per heavy atom. The molecule has 132 valence electrons. The van der Waals surface area contributed by atoms with Crippen molar-refractivity contribution in [2.45, 2.75) is 39.3 Å². The topological polar surface area (TPSA) is 26.3 Å². The highest BCUT2D eigenvalue weighted by atomic mass is 19.4. The van der Waals surface area contributed by atoms with Crippen LogP contribution in [0.3, 0.4) is 0 Å². The lowest BCUT2D eigenvalue weighted by Crippen LogP contribution is -2.10. The molecule has 0 radical (unpaired) electrons. The van der Waals surface area contributed by atoms with Crippen LogP contribution in [0, 0.1) is 12.7 Å². The van der Waals surface area contributed by atoms with Crippen molar-refractivity contribution in [3.63, 3.8) is 0 Å². The van der Waals surface area contributed by atoms with E-state index in [9.17, 15) is 22.4 Å². The number of rotatable bonds is 3. The molecule has 2 aromatic carbocycles. The Labute approximate surface area is 142 Å². The number of Topliss-reactive ketones (excluding diaryl/α,β-unsaturated/α-hetero) is 1. The number of carbonyl (C=O) groups is 1. The lowest BCUT2D eigenvalue weighted by Gasteiger charge is -2.17. The maximum Gasteiger partial charge on any atom is 0.416 e. The zero-order chi connectivity index (χ0) is 18.4. The summed E-state index contributed by atoms with van der Waals surface area (Å²) in [5, 5.41) is 0. The van der Waals surface area contributed by atoms with E-state index in [1.54, 1.807) is 0 Å². The summed E-state index contributed by atoms with van der Waals surface area (Å²) in [6.45, 7) is 2.57. The first-order valence-electron chi connectivity index (χ1n) is 7.89. The number of ketones is 1. The number of benzene rings is 2. The minimum atomic E-state index is -4.55. The second-order valence-corrected chi connectivity index (χ2v) is 6.18. The minimum Gasteiger partial charge on any atom is -0.456 e. The van der Waals surface area contributed by atoms with Crippen LogP contribution >= 0.6 is 0 Å². The van der Waals surface area contributed by atoms with Crippen LogP contribution in [0.2, 0.25) is 0 Å². The number of hydrogen-bond donors (Lipinski definition) is 0. The summed E-state index contributed by atoms with van der Waals surface area (Å²) in [6.07, 6.45) is -2.63. The zero-order valence-electron chi connectivity index (χ0n) is 13.8. The van der Waals surface area contributed by atoms with Crippen molar-refractivity contribution in [1.82, 2.24) is 0 Å². The van der Waals surface area contributed by atoms with Crippen LogP contribution in [0.1, 0.15) is 46.0 Å². The van der Waals surface area contributed by atoms with Gasteiger partial charge in [-0.25, -0.2) is 4.39 Å². The first kappa shape index (κ1) is 17.5. The Morgan fingerprint density at radius 3 is 2.40 bits per heavy atom. The van der Waals surface area contributed by atoms with Gasteiger partial charge in [0, 0.05) is 5.56 Å². The van der Waals surface area contributed by atoms with Crippen molar-refractivity contribution in [2.24, 2.45) is 0 Å². The van der Waals surface area contributed by atoms with Gasteiger partial charge in [0.1, 0.15) is 17.3 Å². The van der Waals surface area contributed by atoms with E-state index >= 15 is 0 Å². The van der Waals surface area contributed by atoms with Crippen molar-refractivity contribution >= 4 is 5.78 Å². The lowest BCUT2D eigenvalue weighted by molar-refractivity contribution is -0.138. The van der Waals surface area contributed by atoms with Crippen LogP contribution in [-0.4, -0.2) is 5.78 Å². The van der Waals surface area contributed by atoms with Gasteiger partial charge in [-0.2, -0.15) is 13.2 Å². The van der Waals surface area contributed by atoms with E-state index in [0.29, 0.717) is 29.7 Å². The summed E-state index contributed by atoms with van der Waals surface area (Å²) in [6, 6.07) is 4.67. The van der Waals surface area contributed by atoms with E-state index in [-0.39, 0.29) is 22.7 Å². The second kappa shape index (κ2) is 6.17. The van der Waals surface area contributed by atoms with Crippen molar-refractivity contribution in [2.75, 3.05) is 0 Å². The maximum absolute atomic E-state index is 13.8. The summed E-state index contributed by atoms with van der Waals surface area (Å²) in [5.74, 6) is -0.600. The molecule has 0 N–H and O–H groups in total. The normalized spacial score (nSPS) is 13.7. The SMILES string of the molecule is CC(=O)c1cc(C)c(C(F)(F)F)cc1Oc1ccc(F)c2c1CCC2. The van der Waals surface area contributed by atoms with E-state index < -0.39 is 17.5 Å². The predicted octanol–water partition coefficient (Wildman–Crippen LogP) is 5.64. The summed E-state index contributed by atoms with van der Waals surface area (Å²) in [5.41, 5.74) is 0.357. The third-order valence-electron chi connectivity index (χ3n) is 4.42. The van der Waals surface area contributed by atoms with E-state index in [1.807, 2.05) is 0 Å². The Hall–Kier alpha value is -2.37. The highest BCUT2D eigenvalue weighted by Gasteiger charge is 2.34. The molecule has 0 amide bonds. The summed E-state index contributed by atoms with van der Waals surface area (Å²) in [7, 11) is 0. The average Bonchev–Trinajstić information content (AvgIpc) is 3.00. The van der Waals surface area contributed by atoms with Crippen LogP contribution in [0.4, 0.5) is 17.6 Å². The molecule has 3 rings (SSSR count). The molecule has 0 fully saturated rings. The highest BCUT2D eigenvalue weighted by molar-refractivity contribution is 5.97. The Balaban J connectivity index is 2.11. The molecule has 0 saturated carbocycles. The zero-order valence-corrected chi connectivity index (χ0v) is 13.8. The third-order valence-corrected chi connectivity index (χ3v) is 4.42. The molecule has 6 heteroatoms. The smallest absolute Gasteiger partial charge is 0.416 e. The Bertz CT molecular complexity index is 853. The molecular weight excluding hydrogens is 336 g/mol. The molecule has 0 spiro atoms. The van der Waals surface area contributed by atoms with Crippen LogP contribution in [0.5, 0.6) is 11.5 Å². The first-order valence-corrected chi connectivity index (χ1v) is 7.89. The van der Waals surface area contributed by atoms with Gasteiger partial charge in [0.25, 0.3) is 0 Å². The summed E-state index contributed by atoms with van der Waals surface area (Å²) < 4.78 is 59.1. The third kappa shape index (κ3) is 3.25. The quantitative estimate of drug-likeness (QED) is 0.528. The number of alkyl halides is 3. The molecule has 0 bridgehead atoms. The fourth-order valence-electron chi connectivity index (χ4n) is 3.20. The molecule has 0 heterocycles. The molecule has 2 aromatic rings. The fraction of sp³-hybridized carbons (Fsp3) is 0.316. The van der Waals surface area contributed by atoms with Crippen molar-refractivity contribution < 1.29 is 27.1 Å². The van der Waals surface area contributed by atoms with Gasteiger partial charge >= 0.3 is 6.18 Å². The van der Waals surface area contributed by atoms with E-state index in [0.717, 1.165) is 12.5 Å². The van der Waals surface area contributed by atoms with Gasteiger partial charge in [-0.15, -0.1) is 0 Å². The van der Waals surface area contributed by atoms with Gasteiger partial charge in [0.05, 0.1) is 11.1 Å². The number of carbonyl (C=O) groups excluding carboxylic acids is 1. The second-order valence-electron chi connectivity index (χ2n) is 6.18. The summed E-state index contributed by atoms with van der Waals surface area (Å²) >= 11 is 0.